The molecule has 1 aromatic heterocycles. The second kappa shape index (κ2) is 4.32. The van der Waals surface area contributed by atoms with Crippen LogP contribution in [0.3, 0.4) is 0 Å². The van der Waals surface area contributed by atoms with Crippen LogP contribution < -0.4 is 10.9 Å². The number of hydrazine groups is 1. The lowest BCUT2D eigenvalue weighted by atomic mass is 10.1. The quantitative estimate of drug-likeness (QED) is 0.753. The number of rotatable bonds is 3. The van der Waals surface area contributed by atoms with Gasteiger partial charge in [-0.05, 0) is 17.7 Å². The van der Waals surface area contributed by atoms with Crippen LogP contribution in [0, 0.1) is 6.92 Å². The number of carbonyl (C=O) groups is 1. The molecule has 0 fully saturated rings. The van der Waals surface area contributed by atoms with Crippen molar-refractivity contribution in [1.82, 2.24) is 15.8 Å². The molecule has 0 spiro atoms. The molecule has 0 aliphatic heterocycles. The lowest BCUT2D eigenvalue weighted by Gasteiger charge is -2.02. The van der Waals surface area contributed by atoms with E-state index in [0.29, 0.717) is 17.9 Å². The number of aryl methyl sites for hydroxylation is 1. The molecule has 2 N–H and O–H groups in total. The van der Waals surface area contributed by atoms with Crippen LogP contribution in [0.1, 0.15) is 11.5 Å². The molecule has 0 bridgehead atoms. The zero-order chi connectivity index (χ0) is 11.5. The Kier molecular flexibility index (Phi) is 2.87. The van der Waals surface area contributed by atoms with E-state index in [1.807, 2.05) is 18.2 Å². The van der Waals surface area contributed by atoms with Gasteiger partial charge < -0.3 is 4.42 Å². The lowest BCUT2D eigenvalue weighted by Crippen LogP contribution is -2.35. The van der Waals surface area contributed by atoms with Crippen molar-refractivity contribution in [3.05, 3.63) is 29.7 Å². The van der Waals surface area contributed by atoms with Crippen molar-refractivity contribution in [1.29, 1.82) is 0 Å². The average Bonchev–Trinajstić information content (AvgIpc) is 2.57. The molecule has 1 amide bonds. The first kappa shape index (κ1) is 10.6. The van der Waals surface area contributed by atoms with Gasteiger partial charge in [0.25, 0.3) is 0 Å². The van der Waals surface area contributed by atoms with E-state index in [9.17, 15) is 4.79 Å². The summed E-state index contributed by atoms with van der Waals surface area (Å²) < 4.78 is 5.39. The molecule has 0 unspecified atom stereocenters. The maximum atomic E-state index is 11.3. The molecule has 5 nitrogen and oxygen atoms in total. The smallest absolute Gasteiger partial charge is 0.238 e. The lowest BCUT2D eigenvalue weighted by molar-refractivity contribution is -0.121. The highest BCUT2D eigenvalue weighted by atomic mass is 16.3. The topological polar surface area (TPSA) is 67.2 Å². The summed E-state index contributed by atoms with van der Waals surface area (Å²) >= 11 is 0. The third-order valence-corrected chi connectivity index (χ3v) is 2.19. The van der Waals surface area contributed by atoms with Crippen LogP contribution in [-0.2, 0) is 11.2 Å². The fraction of sp³-hybridized carbons (Fsp3) is 0.273. The third-order valence-electron chi connectivity index (χ3n) is 2.19. The minimum absolute atomic E-state index is 0.0851. The number of amides is 1. The Bertz CT molecular complexity index is 519. The largest absolute Gasteiger partial charge is 0.441 e. The van der Waals surface area contributed by atoms with Crippen LogP contribution in [0.15, 0.2) is 22.6 Å². The molecule has 5 heteroatoms. The molecule has 1 aromatic carbocycles. The summed E-state index contributed by atoms with van der Waals surface area (Å²) in [5.74, 6) is 0.546. The highest BCUT2D eigenvalue weighted by Crippen LogP contribution is 2.16. The third kappa shape index (κ3) is 2.20. The van der Waals surface area contributed by atoms with Crippen LogP contribution in [0.25, 0.3) is 11.1 Å². The van der Waals surface area contributed by atoms with Gasteiger partial charge in [-0.1, -0.05) is 6.07 Å². The fourth-order valence-corrected chi connectivity index (χ4v) is 1.56. The van der Waals surface area contributed by atoms with Crippen molar-refractivity contribution < 1.29 is 9.21 Å². The molecule has 2 aromatic rings. The van der Waals surface area contributed by atoms with Crippen LogP contribution in [0.2, 0.25) is 0 Å². The molecule has 2 rings (SSSR count). The summed E-state index contributed by atoms with van der Waals surface area (Å²) in [5, 5.41) is 0. The first-order chi connectivity index (χ1) is 7.69. The molecule has 16 heavy (non-hydrogen) atoms. The van der Waals surface area contributed by atoms with Gasteiger partial charge in [-0.25, -0.2) is 10.4 Å². The van der Waals surface area contributed by atoms with Gasteiger partial charge in [-0.3, -0.25) is 10.2 Å². The number of carbonyl (C=O) groups excluding carboxylic acids is 1. The Morgan fingerprint density at radius 2 is 2.31 bits per heavy atom. The summed E-state index contributed by atoms with van der Waals surface area (Å²) in [4.78, 5) is 15.5. The maximum Gasteiger partial charge on any atom is 0.238 e. The van der Waals surface area contributed by atoms with E-state index in [4.69, 9.17) is 4.42 Å². The van der Waals surface area contributed by atoms with Gasteiger partial charge in [0.05, 0.1) is 6.42 Å². The number of nitrogens with one attached hydrogen (secondary N) is 2. The maximum absolute atomic E-state index is 11.3. The van der Waals surface area contributed by atoms with Crippen molar-refractivity contribution in [3.63, 3.8) is 0 Å². The number of oxazole rings is 1. The number of fused-ring (bicyclic) bond motifs is 1. The summed E-state index contributed by atoms with van der Waals surface area (Å²) in [7, 11) is 1.65. The molecule has 0 atom stereocenters. The van der Waals surface area contributed by atoms with E-state index in [1.165, 1.54) is 0 Å². The molecule has 84 valence electrons. The standard InChI is InChI=1S/C11H13N3O2/c1-7-13-9-4-3-8(5-10(9)16-7)6-11(15)14-12-2/h3-5,12H,6H2,1-2H3,(H,14,15). The SMILES string of the molecule is CNNC(=O)Cc1ccc2nc(C)oc2c1. The zero-order valence-electron chi connectivity index (χ0n) is 9.20. The van der Waals surface area contributed by atoms with Crippen molar-refractivity contribution in [2.75, 3.05) is 7.05 Å². The number of hydrogen-bond donors (Lipinski definition) is 2. The second-order valence-electron chi connectivity index (χ2n) is 3.51. The van der Waals surface area contributed by atoms with E-state index in [-0.39, 0.29) is 5.91 Å². The molecule has 0 aliphatic rings. The van der Waals surface area contributed by atoms with Gasteiger partial charge in [0.15, 0.2) is 11.5 Å². The van der Waals surface area contributed by atoms with Gasteiger partial charge in [0.1, 0.15) is 5.52 Å². The highest BCUT2D eigenvalue weighted by Gasteiger charge is 2.06. The van der Waals surface area contributed by atoms with Crippen LogP contribution >= 0.6 is 0 Å². The van der Waals surface area contributed by atoms with Gasteiger partial charge in [0, 0.05) is 14.0 Å². The van der Waals surface area contributed by atoms with Crippen LogP contribution in [0.4, 0.5) is 0 Å². The predicted molar refractivity (Wildman–Crippen MR) is 59.7 cm³/mol. The molecule has 0 radical (unpaired) electrons. The van der Waals surface area contributed by atoms with Crippen molar-refractivity contribution in [3.8, 4) is 0 Å². The Balaban J connectivity index is 2.22. The van der Waals surface area contributed by atoms with Crippen molar-refractivity contribution in [2.45, 2.75) is 13.3 Å². The van der Waals surface area contributed by atoms with Gasteiger partial charge in [-0.15, -0.1) is 0 Å². The predicted octanol–water partition coefficient (Wildman–Crippen LogP) is 0.929. The number of hydrogen-bond acceptors (Lipinski definition) is 4. The number of nitrogens with zero attached hydrogens (tertiary/aromatic N) is 1. The Morgan fingerprint density at radius 1 is 1.50 bits per heavy atom. The minimum atomic E-state index is -0.0851. The molecule has 0 saturated heterocycles. The van der Waals surface area contributed by atoms with Gasteiger partial charge in [0.2, 0.25) is 5.91 Å². The monoisotopic (exact) mass is 219 g/mol. The summed E-state index contributed by atoms with van der Waals surface area (Å²) in [6.45, 7) is 1.80. The van der Waals surface area contributed by atoms with E-state index in [1.54, 1.807) is 14.0 Å². The second-order valence-corrected chi connectivity index (χ2v) is 3.51. The fourth-order valence-electron chi connectivity index (χ4n) is 1.56. The van der Waals surface area contributed by atoms with Gasteiger partial charge >= 0.3 is 0 Å². The van der Waals surface area contributed by atoms with E-state index in [0.717, 1.165) is 11.1 Å². The highest BCUT2D eigenvalue weighted by molar-refractivity contribution is 5.80. The first-order valence-electron chi connectivity index (χ1n) is 5.00. The summed E-state index contributed by atoms with van der Waals surface area (Å²) in [5.41, 5.74) is 7.54. The van der Waals surface area contributed by atoms with E-state index >= 15 is 0 Å². The molecule has 0 aliphatic carbocycles. The van der Waals surface area contributed by atoms with E-state index < -0.39 is 0 Å². The van der Waals surface area contributed by atoms with E-state index in [2.05, 4.69) is 15.8 Å². The number of aromatic nitrogens is 1. The van der Waals surface area contributed by atoms with Crippen LogP contribution in [0.5, 0.6) is 0 Å². The van der Waals surface area contributed by atoms with Gasteiger partial charge in [-0.2, -0.15) is 0 Å². The zero-order valence-corrected chi connectivity index (χ0v) is 9.20. The molecular weight excluding hydrogens is 206 g/mol. The first-order valence-corrected chi connectivity index (χ1v) is 5.00. The van der Waals surface area contributed by atoms with Crippen molar-refractivity contribution >= 4 is 17.0 Å². The Labute approximate surface area is 92.8 Å². The van der Waals surface area contributed by atoms with Crippen LogP contribution in [-0.4, -0.2) is 17.9 Å². The molecule has 1 heterocycles. The average molecular weight is 219 g/mol. The Hall–Kier alpha value is -1.88. The summed E-state index contributed by atoms with van der Waals surface area (Å²) in [6, 6.07) is 5.57. The number of benzene rings is 1. The van der Waals surface area contributed by atoms with Crippen molar-refractivity contribution in [2.24, 2.45) is 0 Å². The minimum Gasteiger partial charge on any atom is -0.441 e. The Morgan fingerprint density at radius 3 is 3.06 bits per heavy atom. The summed E-state index contributed by atoms with van der Waals surface area (Å²) in [6.07, 6.45) is 0.316. The molecule has 0 saturated carbocycles. The molecular formula is C11H13N3O2. The normalized spacial score (nSPS) is 10.6.